The van der Waals surface area contributed by atoms with Crippen LogP contribution in [-0.4, -0.2) is 6.61 Å². The van der Waals surface area contributed by atoms with Crippen molar-refractivity contribution in [1.82, 2.24) is 5.43 Å². The zero-order valence-electron chi connectivity index (χ0n) is 11.7. The highest BCUT2D eigenvalue weighted by Gasteiger charge is 2.39. The summed E-state index contributed by atoms with van der Waals surface area (Å²) in [5.74, 6) is 6.99. The van der Waals surface area contributed by atoms with Crippen LogP contribution in [0.5, 0.6) is 5.75 Å². The lowest BCUT2D eigenvalue weighted by molar-refractivity contribution is 0.212. The smallest absolute Gasteiger partial charge is 0.127 e. The van der Waals surface area contributed by atoms with Crippen molar-refractivity contribution in [3.63, 3.8) is 0 Å². The fraction of sp³-hybridized carbons (Fsp3) is 0.625. The Kier molecular flexibility index (Phi) is 3.50. The Bertz CT molecular complexity index is 452. The van der Waals surface area contributed by atoms with Gasteiger partial charge in [-0.1, -0.05) is 38.0 Å². The van der Waals surface area contributed by atoms with Gasteiger partial charge in [-0.05, 0) is 36.7 Å². The van der Waals surface area contributed by atoms with Gasteiger partial charge >= 0.3 is 0 Å². The van der Waals surface area contributed by atoms with Gasteiger partial charge in [-0.25, -0.2) is 0 Å². The quantitative estimate of drug-likeness (QED) is 0.648. The Hall–Kier alpha value is -1.06. The molecule has 3 N–H and O–H groups in total. The third kappa shape index (κ3) is 2.26. The maximum absolute atomic E-state index is 5.95. The van der Waals surface area contributed by atoms with Crippen molar-refractivity contribution < 1.29 is 4.74 Å². The summed E-state index contributed by atoms with van der Waals surface area (Å²) >= 11 is 0. The average molecular weight is 260 g/mol. The topological polar surface area (TPSA) is 47.3 Å². The van der Waals surface area contributed by atoms with Gasteiger partial charge in [-0.15, -0.1) is 0 Å². The molecule has 2 aliphatic rings. The first-order chi connectivity index (χ1) is 9.24. The number of para-hydroxylation sites is 1. The molecule has 3 nitrogen and oxygen atoms in total. The predicted octanol–water partition coefficient (Wildman–Crippen LogP) is 3.10. The fourth-order valence-corrected chi connectivity index (χ4v) is 3.78. The number of fused-ring (bicyclic) bond motifs is 1. The van der Waals surface area contributed by atoms with Gasteiger partial charge in [0.1, 0.15) is 5.75 Å². The first-order valence-electron chi connectivity index (χ1n) is 7.45. The molecule has 1 heterocycles. The Labute approximate surface area is 115 Å². The van der Waals surface area contributed by atoms with E-state index in [-0.39, 0.29) is 11.5 Å². The second kappa shape index (κ2) is 5.14. The van der Waals surface area contributed by atoms with Crippen molar-refractivity contribution >= 4 is 0 Å². The largest absolute Gasteiger partial charge is 0.493 e. The molecule has 3 heteroatoms. The summed E-state index contributed by atoms with van der Waals surface area (Å²) in [4.78, 5) is 0. The van der Waals surface area contributed by atoms with Crippen LogP contribution < -0.4 is 16.0 Å². The molecule has 1 aliphatic carbocycles. The molecule has 19 heavy (non-hydrogen) atoms. The lowest BCUT2D eigenvalue weighted by Crippen LogP contribution is -2.39. The van der Waals surface area contributed by atoms with Crippen molar-refractivity contribution in [3.05, 3.63) is 29.3 Å². The molecule has 1 aliphatic heterocycles. The highest BCUT2D eigenvalue weighted by molar-refractivity contribution is 5.45. The van der Waals surface area contributed by atoms with Gasteiger partial charge in [0, 0.05) is 5.56 Å². The molecule has 0 radical (unpaired) electrons. The van der Waals surface area contributed by atoms with Crippen molar-refractivity contribution in [2.45, 2.75) is 51.5 Å². The summed E-state index contributed by atoms with van der Waals surface area (Å²) in [6.45, 7) is 3.19. The van der Waals surface area contributed by atoms with E-state index in [0.717, 1.165) is 25.2 Å². The number of aryl methyl sites for hydroxylation is 1. The number of hydrazine groups is 1. The zero-order valence-corrected chi connectivity index (χ0v) is 11.7. The SMILES string of the molecule is CC1(C(NN)c2cccc3c2OCCC3)CCCC1. The Morgan fingerprint density at radius 2 is 2.05 bits per heavy atom. The summed E-state index contributed by atoms with van der Waals surface area (Å²) in [5, 5.41) is 0. The minimum atomic E-state index is 0.197. The van der Waals surface area contributed by atoms with Crippen LogP contribution in [0.3, 0.4) is 0 Å². The summed E-state index contributed by atoms with van der Waals surface area (Å²) in [7, 11) is 0. The molecule has 1 atom stereocenters. The minimum absolute atomic E-state index is 0.197. The standard InChI is InChI=1S/C16H24N2O/c1-16(9-2-3-10-16)15(18-17)13-8-4-6-12-7-5-11-19-14(12)13/h4,6,8,15,18H,2-3,5,7,9-11,17H2,1H3. The van der Waals surface area contributed by atoms with E-state index in [2.05, 4.69) is 30.5 Å². The third-order valence-corrected chi connectivity index (χ3v) is 4.88. The molecule has 1 aromatic carbocycles. The fourth-order valence-electron chi connectivity index (χ4n) is 3.78. The molecule has 0 saturated heterocycles. The Morgan fingerprint density at radius 3 is 2.79 bits per heavy atom. The second-order valence-electron chi connectivity index (χ2n) is 6.25. The summed E-state index contributed by atoms with van der Waals surface area (Å²) in [6, 6.07) is 6.70. The van der Waals surface area contributed by atoms with E-state index in [1.807, 2.05) is 0 Å². The molecule has 104 valence electrons. The van der Waals surface area contributed by atoms with Gasteiger partial charge < -0.3 is 4.74 Å². The van der Waals surface area contributed by atoms with Crippen molar-refractivity contribution in [2.24, 2.45) is 11.3 Å². The third-order valence-electron chi connectivity index (χ3n) is 4.88. The molecule has 1 saturated carbocycles. The lowest BCUT2D eigenvalue weighted by Gasteiger charge is -2.36. The molecule has 3 rings (SSSR count). The number of hydrogen-bond donors (Lipinski definition) is 2. The Balaban J connectivity index is 1.99. The number of nitrogens with one attached hydrogen (secondary N) is 1. The first kappa shape index (κ1) is 12.9. The van der Waals surface area contributed by atoms with Gasteiger partial charge in [0.25, 0.3) is 0 Å². The van der Waals surface area contributed by atoms with Gasteiger partial charge in [-0.3, -0.25) is 11.3 Å². The van der Waals surface area contributed by atoms with Crippen molar-refractivity contribution in [3.8, 4) is 5.75 Å². The number of nitrogens with two attached hydrogens (primary N) is 1. The summed E-state index contributed by atoms with van der Waals surface area (Å²) in [6.07, 6.45) is 7.35. The molecule has 0 spiro atoms. The highest BCUT2D eigenvalue weighted by atomic mass is 16.5. The first-order valence-corrected chi connectivity index (χ1v) is 7.45. The van der Waals surface area contributed by atoms with Crippen LogP contribution in [0.25, 0.3) is 0 Å². The number of hydrogen-bond acceptors (Lipinski definition) is 3. The molecule has 0 aromatic heterocycles. The van der Waals surface area contributed by atoms with Gasteiger partial charge in [0.2, 0.25) is 0 Å². The van der Waals surface area contributed by atoms with Crippen LogP contribution in [0, 0.1) is 5.41 Å². The van der Waals surface area contributed by atoms with Crippen molar-refractivity contribution in [2.75, 3.05) is 6.61 Å². The lowest BCUT2D eigenvalue weighted by atomic mass is 9.76. The average Bonchev–Trinajstić information content (AvgIpc) is 2.87. The monoisotopic (exact) mass is 260 g/mol. The molecule has 0 amide bonds. The van der Waals surface area contributed by atoms with Crippen molar-refractivity contribution in [1.29, 1.82) is 0 Å². The van der Waals surface area contributed by atoms with Gasteiger partial charge in [0.15, 0.2) is 0 Å². The molecular weight excluding hydrogens is 236 g/mol. The maximum atomic E-state index is 5.95. The highest BCUT2D eigenvalue weighted by Crippen LogP contribution is 2.49. The van der Waals surface area contributed by atoms with Crippen LogP contribution in [0.1, 0.15) is 56.2 Å². The van der Waals surface area contributed by atoms with Crippen LogP contribution in [0.4, 0.5) is 0 Å². The van der Waals surface area contributed by atoms with Gasteiger partial charge in [-0.2, -0.15) is 0 Å². The van der Waals surface area contributed by atoms with E-state index in [1.165, 1.54) is 36.8 Å². The van der Waals surface area contributed by atoms with E-state index < -0.39 is 0 Å². The molecule has 0 bridgehead atoms. The Morgan fingerprint density at radius 1 is 1.26 bits per heavy atom. The molecule has 1 aromatic rings. The van der Waals surface area contributed by atoms with Crippen LogP contribution >= 0.6 is 0 Å². The minimum Gasteiger partial charge on any atom is -0.493 e. The molecular formula is C16H24N2O. The number of ether oxygens (including phenoxy) is 1. The van der Waals surface area contributed by atoms with E-state index in [4.69, 9.17) is 10.6 Å². The van der Waals surface area contributed by atoms with Crippen LogP contribution in [0.2, 0.25) is 0 Å². The van der Waals surface area contributed by atoms with E-state index in [9.17, 15) is 0 Å². The second-order valence-corrected chi connectivity index (χ2v) is 6.25. The molecule has 1 unspecified atom stereocenters. The van der Waals surface area contributed by atoms with E-state index >= 15 is 0 Å². The summed E-state index contributed by atoms with van der Waals surface area (Å²) < 4.78 is 5.95. The zero-order chi connectivity index (χ0) is 13.3. The predicted molar refractivity (Wildman–Crippen MR) is 76.9 cm³/mol. The van der Waals surface area contributed by atoms with Crippen LogP contribution in [0.15, 0.2) is 18.2 Å². The maximum Gasteiger partial charge on any atom is 0.127 e. The van der Waals surface area contributed by atoms with E-state index in [1.54, 1.807) is 0 Å². The normalized spacial score (nSPS) is 22.6. The molecule has 1 fully saturated rings. The summed E-state index contributed by atoms with van der Waals surface area (Å²) in [5.41, 5.74) is 5.92. The van der Waals surface area contributed by atoms with Gasteiger partial charge in [0.05, 0.1) is 12.6 Å². The van der Waals surface area contributed by atoms with Crippen LogP contribution in [-0.2, 0) is 6.42 Å². The number of rotatable bonds is 3. The van der Waals surface area contributed by atoms with E-state index in [0.29, 0.717) is 0 Å². The number of benzene rings is 1.